The molecule has 1 aromatic heterocycles. The highest BCUT2D eigenvalue weighted by molar-refractivity contribution is 5.91. The molecule has 1 aromatic carbocycles. The Morgan fingerprint density at radius 1 is 1.43 bits per heavy atom. The van der Waals surface area contributed by atoms with Gasteiger partial charge in [-0.2, -0.15) is 5.26 Å². The van der Waals surface area contributed by atoms with Crippen LogP contribution in [0.4, 0.5) is 5.82 Å². The van der Waals surface area contributed by atoms with E-state index in [0.717, 1.165) is 23.3 Å². The summed E-state index contributed by atoms with van der Waals surface area (Å²) in [7, 11) is 0. The topological polar surface area (TPSA) is 51.6 Å². The van der Waals surface area contributed by atoms with Crippen molar-refractivity contribution in [3.63, 3.8) is 0 Å². The summed E-state index contributed by atoms with van der Waals surface area (Å²) in [4.78, 5) is 3.18. The van der Waals surface area contributed by atoms with Gasteiger partial charge < -0.3 is 10.3 Å². The molecule has 0 amide bonds. The van der Waals surface area contributed by atoms with Crippen molar-refractivity contribution in [2.45, 2.75) is 6.92 Å². The predicted molar refractivity (Wildman–Crippen MR) is 57.2 cm³/mol. The maximum Gasteiger partial charge on any atom is 0.122 e. The van der Waals surface area contributed by atoms with Crippen molar-refractivity contribution in [2.24, 2.45) is 0 Å². The second kappa shape index (κ2) is 3.43. The van der Waals surface area contributed by atoms with Crippen LogP contribution in [0.25, 0.3) is 10.9 Å². The maximum absolute atomic E-state index is 9.02. The summed E-state index contributed by atoms with van der Waals surface area (Å²) >= 11 is 0. The number of aromatic nitrogens is 1. The molecular weight excluding hydrogens is 174 g/mol. The Kier molecular flexibility index (Phi) is 2.11. The van der Waals surface area contributed by atoms with E-state index in [4.69, 9.17) is 5.26 Å². The number of para-hydroxylation sites is 1. The molecule has 3 nitrogen and oxygen atoms in total. The lowest BCUT2D eigenvalue weighted by Gasteiger charge is -1.97. The monoisotopic (exact) mass is 185 g/mol. The molecule has 0 atom stereocenters. The van der Waals surface area contributed by atoms with Crippen LogP contribution in [-0.4, -0.2) is 11.5 Å². The molecular formula is C11H11N3. The third-order valence-corrected chi connectivity index (χ3v) is 2.17. The van der Waals surface area contributed by atoms with E-state index in [1.807, 2.05) is 31.2 Å². The van der Waals surface area contributed by atoms with Crippen LogP contribution in [-0.2, 0) is 0 Å². The van der Waals surface area contributed by atoms with Gasteiger partial charge in [0.2, 0.25) is 0 Å². The molecule has 0 aliphatic rings. The summed E-state index contributed by atoms with van der Waals surface area (Å²) < 4.78 is 0. The SMILES string of the molecule is CCNc1[nH]c2ccccc2c1C#N. The van der Waals surface area contributed by atoms with Crippen LogP contribution in [0, 0.1) is 11.3 Å². The molecule has 0 aliphatic heterocycles. The number of hydrogen-bond donors (Lipinski definition) is 2. The predicted octanol–water partition coefficient (Wildman–Crippen LogP) is 2.47. The van der Waals surface area contributed by atoms with Gasteiger partial charge in [-0.25, -0.2) is 0 Å². The van der Waals surface area contributed by atoms with Crippen molar-refractivity contribution in [1.29, 1.82) is 5.26 Å². The molecule has 0 fully saturated rings. The lowest BCUT2D eigenvalue weighted by atomic mass is 10.2. The maximum atomic E-state index is 9.02. The number of fused-ring (bicyclic) bond motifs is 1. The van der Waals surface area contributed by atoms with E-state index < -0.39 is 0 Å². The number of nitriles is 1. The van der Waals surface area contributed by atoms with E-state index in [2.05, 4.69) is 16.4 Å². The minimum absolute atomic E-state index is 0.697. The zero-order valence-corrected chi connectivity index (χ0v) is 7.96. The molecule has 14 heavy (non-hydrogen) atoms. The number of aromatic amines is 1. The summed E-state index contributed by atoms with van der Waals surface area (Å²) in [6, 6.07) is 10.0. The Labute approximate surface area is 82.4 Å². The zero-order valence-electron chi connectivity index (χ0n) is 7.96. The molecule has 2 N–H and O–H groups in total. The quantitative estimate of drug-likeness (QED) is 0.755. The normalized spacial score (nSPS) is 10.0. The Balaban J connectivity index is 2.68. The van der Waals surface area contributed by atoms with Crippen LogP contribution in [0.2, 0.25) is 0 Å². The second-order valence-corrected chi connectivity index (χ2v) is 3.06. The first-order valence-corrected chi connectivity index (χ1v) is 4.61. The largest absolute Gasteiger partial charge is 0.371 e. The average molecular weight is 185 g/mol. The van der Waals surface area contributed by atoms with Gasteiger partial charge in [-0.3, -0.25) is 0 Å². The third-order valence-electron chi connectivity index (χ3n) is 2.17. The van der Waals surface area contributed by atoms with Gasteiger partial charge in [0, 0.05) is 17.4 Å². The second-order valence-electron chi connectivity index (χ2n) is 3.06. The van der Waals surface area contributed by atoms with E-state index in [9.17, 15) is 0 Å². The van der Waals surface area contributed by atoms with E-state index >= 15 is 0 Å². The summed E-state index contributed by atoms with van der Waals surface area (Å²) in [5.41, 5.74) is 1.70. The minimum atomic E-state index is 0.697. The fourth-order valence-corrected chi connectivity index (χ4v) is 1.57. The molecule has 1 heterocycles. The van der Waals surface area contributed by atoms with Crippen LogP contribution >= 0.6 is 0 Å². The summed E-state index contributed by atoms with van der Waals surface area (Å²) in [6.07, 6.45) is 0. The molecule has 0 radical (unpaired) electrons. The van der Waals surface area contributed by atoms with E-state index in [0.29, 0.717) is 5.56 Å². The standard InChI is InChI=1S/C11H11N3/c1-2-13-11-9(7-12)8-5-3-4-6-10(8)14-11/h3-6,13-14H,2H2,1H3. The number of benzene rings is 1. The van der Waals surface area contributed by atoms with Crippen molar-refractivity contribution in [3.05, 3.63) is 29.8 Å². The molecule has 0 unspecified atom stereocenters. The minimum Gasteiger partial charge on any atom is -0.371 e. The first-order chi connectivity index (χ1) is 6.86. The summed E-state index contributed by atoms with van der Waals surface area (Å²) in [5.74, 6) is 0.816. The number of hydrogen-bond acceptors (Lipinski definition) is 2. The van der Waals surface area contributed by atoms with E-state index in [-0.39, 0.29) is 0 Å². The first-order valence-electron chi connectivity index (χ1n) is 4.61. The highest BCUT2D eigenvalue weighted by Gasteiger charge is 2.08. The van der Waals surface area contributed by atoms with Gasteiger partial charge in [-0.15, -0.1) is 0 Å². The third kappa shape index (κ3) is 1.21. The number of anilines is 1. The van der Waals surface area contributed by atoms with Gasteiger partial charge in [0.25, 0.3) is 0 Å². The van der Waals surface area contributed by atoms with Crippen LogP contribution in [0.15, 0.2) is 24.3 Å². The molecule has 0 spiro atoms. The molecule has 0 saturated heterocycles. The number of nitrogens with zero attached hydrogens (tertiary/aromatic N) is 1. The highest BCUT2D eigenvalue weighted by Crippen LogP contribution is 2.24. The highest BCUT2D eigenvalue weighted by atomic mass is 15.0. The average Bonchev–Trinajstić information content (AvgIpc) is 2.55. The van der Waals surface area contributed by atoms with Gasteiger partial charge in [-0.1, -0.05) is 18.2 Å². The lowest BCUT2D eigenvalue weighted by Crippen LogP contribution is -1.97. The Morgan fingerprint density at radius 2 is 2.21 bits per heavy atom. The van der Waals surface area contributed by atoms with Crippen molar-refractivity contribution >= 4 is 16.7 Å². The van der Waals surface area contributed by atoms with Gasteiger partial charge in [0.1, 0.15) is 17.5 Å². The first kappa shape index (κ1) is 8.64. The molecule has 2 aromatic rings. The fourth-order valence-electron chi connectivity index (χ4n) is 1.57. The number of rotatable bonds is 2. The number of H-pyrrole nitrogens is 1. The van der Waals surface area contributed by atoms with Crippen molar-refractivity contribution in [1.82, 2.24) is 4.98 Å². The van der Waals surface area contributed by atoms with Crippen molar-refractivity contribution < 1.29 is 0 Å². The zero-order chi connectivity index (χ0) is 9.97. The van der Waals surface area contributed by atoms with Crippen molar-refractivity contribution in [2.75, 3.05) is 11.9 Å². The Morgan fingerprint density at radius 3 is 2.93 bits per heavy atom. The van der Waals surface area contributed by atoms with E-state index in [1.54, 1.807) is 0 Å². The Hall–Kier alpha value is -1.95. The van der Waals surface area contributed by atoms with Crippen LogP contribution < -0.4 is 5.32 Å². The Bertz CT molecular complexity index is 491. The molecule has 0 aliphatic carbocycles. The van der Waals surface area contributed by atoms with Gasteiger partial charge >= 0.3 is 0 Å². The van der Waals surface area contributed by atoms with Gasteiger partial charge in [-0.05, 0) is 13.0 Å². The number of nitrogens with one attached hydrogen (secondary N) is 2. The summed E-state index contributed by atoms with van der Waals surface area (Å²) in [6.45, 7) is 2.81. The molecule has 0 bridgehead atoms. The van der Waals surface area contributed by atoms with Gasteiger partial charge in [0.15, 0.2) is 0 Å². The molecule has 70 valence electrons. The molecule has 3 heteroatoms. The molecule has 0 saturated carbocycles. The van der Waals surface area contributed by atoms with Crippen LogP contribution in [0.5, 0.6) is 0 Å². The van der Waals surface area contributed by atoms with Crippen LogP contribution in [0.3, 0.4) is 0 Å². The summed E-state index contributed by atoms with van der Waals surface area (Å²) in [5, 5.41) is 13.1. The van der Waals surface area contributed by atoms with Gasteiger partial charge in [0.05, 0.1) is 0 Å². The van der Waals surface area contributed by atoms with E-state index in [1.165, 1.54) is 0 Å². The van der Waals surface area contributed by atoms with Crippen LogP contribution in [0.1, 0.15) is 12.5 Å². The fraction of sp³-hybridized carbons (Fsp3) is 0.182. The molecule has 2 rings (SSSR count). The lowest BCUT2D eigenvalue weighted by molar-refractivity contribution is 1.18. The smallest absolute Gasteiger partial charge is 0.122 e. The van der Waals surface area contributed by atoms with Crippen molar-refractivity contribution in [3.8, 4) is 6.07 Å².